The molecule has 2 atom stereocenters. The van der Waals surface area contributed by atoms with Gasteiger partial charge >= 0.3 is 0 Å². The van der Waals surface area contributed by atoms with E-state index in [-0.39, 0.29) is 18.0 Å². The van der Waals surface area contributed by atoms with Crippen molar-refractivity contribution in [1.82, 2.24) is 16.2 Å². The van der Waals surface area contributed by atoms with Gasteiger partial charge in [-0.05, 0) is 42.2 Å². The normalized spacial score (nSPS) is 19.9. The summed E-state index contributed by atoms with van der Waals surface area (Å²) in [6, 6.07) is 15.8. The lowest BCUT2D eigenvalue weighted by atomic mass is 10.0. The average Bonchev–Trinajstić information content (AvgIpc) is 3.11. The number of rotatable bonds is 5. The van der Waals surface area contributed by atoms with Crippen LogP contribution < -0.4 is 20.9 Å². The van der Waals surface area contributed by atoms with E-state index in [1.165, 1.54) is 5.56 Å². The van der Waals surface area contributed by atoms with Crippen molar-refractivity contribution in [2.24, 2.45) is 0 Å². The van der Waals surface area contributed by atoms with Gasteiger partial charge in [0, 0.05) is 12.6 Å². The second-order valence-electron chi connectivity index (χ2n) is 6.05. The van der Waals surface area contributed by atoms with Crippen LogP contribution in [0.3, 0.4) is 0 Å². The third-order valence-electron chi connectivity index (χ3n) is 4.43. The number of ether oxygens (including phenoxy) is 1. The molecule has 2 aromatic carbocycles. The lowest BCUT2D eigenvalue weighted by molar-refractivity contribution is -0.123. The first-order chi connectivity index (χ1) is 11.7. The highest BCUT2D eigenvalue weighted by Gasteiger charge is 2.30. The molecule has 0 aliphatic carbocycles. The minimum absolute atomic E-state index is 0.0103. The van der Waals surface area contributed by atoms with Gasteiger partial charge in [-0.15, -0.1) is 0 Å². The largest absolute Gasteiger partial charge is 0.497 e. The van der Waals surface area contributed by atoms with Crippen molar-refractivity contribution in [1.29, 1.82) is 0 Å². The molecule has 5 nitrogen and oxygen atoms in total. The molecule has 0 radical (unpaired) electrons. The molecule has 1 amide bonds. The Kier molecular flexibility index (Phi) is 5.13. The van der Waals surface area contributed by atoms with Crippen LogP contribution in [-0.4, -0.2) is 19.1 Å². The van der Waals surface area contributed by atoms with Gasteiger partial charge in [0.25, 0.3) is 0 Å². The summed E-state index contributed by atoms with van der Waals surface area (Å²) < 4.78 is 5.26. The number of methoxy groups -OCH3 is 1. The topological polar surface area (TPSA) is 62.4 Å². The summed E-state index contributed by atoms with van der Waals surface area (Å²) in [5.41, 5.74) is 9.72. The maximum atomic E-state index is 12.4. The maximum absolute atomic E-state index is 12.4. The van der Waals surface area contributed by atoms with Crippen LogP contribution in [0.4, 0.5) is 0 Å². The Morgan fingerprint density at radius 3 is 2.83 bits per heavy atom. The van der Waals surface area contributed by atoms with Gasteiger partial charge in [0.1, 0.15) is 11.8 Å². The molecule has 1 aliphatic heterocycles. The van der Waals surface area contributed by atoms with Crippen LogP contribution in [0.15, 0.2) is 48.5 Å². The molecule has 0 aromatic heterocycles. The fraction of sp³-hybridized carbons (Fsp3) is 0.316. The summed E-state index contributed by atoms with van der Waals surface area (Å²) in [5.74, 6) is 0.831. The molecule has 5 heteroatoms. The maximum Gasteiger partial charge on any atom is 0.238 e. The second-order valence-corrected chi connectivity index (χ2v) is 6.05. The Bertz CT molecular complexity index is 717. The molecule has 2 unspecified atom stereocenters. The molecule has 1 saturated heterocycles. The minimum Gasteiger partial charge on any atom is -0.497 e. The van der Waals surface area contributed by atoms with Gasteiger partial charge in [-0.2, -0.15) is 0 Å². The number of aryl methyl sites for hydroxylation is 1. The number of benzene rings is 2. The Balaban J connectivity index is 1.57. The van der Waals surface area contributed by atoms with Crippen LogP contribution in [0.25, 0.3) is 0 Å². The van der Waals surface area contributed by atoms with E-state index < -0.39 is 0 Å². The quantitative estimate of drug-likeness (QED) is 0.789. The number of hydrogen-bond acceptors (Lipinski definition) is 4. The molecular formula is C19H23N3O2. The average molecular weight is 325 g/mol. The molecule has 3 rings (SSSR count). The first-order valence-electron chi connectivity index (χ1n) is 8.14. The van der Waals surface area contributed by atoms with E-state index in [4.69, 9.17) is 4.74 Å². The Morgan fingerprint density at radius 2 is 2.04 bits per heavy atom. The summed E-state index contributed by atoms with van der Waals surface area (Å²) >= 11 is 0. The van der Waals surface area contributed by atoms with E-state index >= 15 is 0 Å². The highest BCUT2D eigenvalue weighted by molar-refractivity contribution is 5.82. The molecule has 1 fully saturated rings. The predicted octanol–water partition coefficient (Wildman–Crippen LogP) is 2.23. The van der Waals surface area contributed by atoms with Crippen LogP contribution in [0.2, 0.25) is 0 Å². The summed E-state index contributed by atoms with van der Waals surface area (Å²) in [4.78, 5) is 12.4. The highest BCUT2D eigenvalue weighted by atomic mass is 16.5. The Hall–Kier alpha value is -2.37. The molecule has 1 aliphatic rings. The van der Waals surface area contributed by atoms with E-state index in [1.807, 2.05) is 42.5 Å². The van der Waals surface area contributed by atoms with E-state index in [2.05, 4.69) is 29.2 Å². The van der Waals surface area contributed by atoms with Gasteiger partial charge in [-0.3, -0.25) is 4.79 Å². The standard InChI is InChI=1S/C19H23N3O2/c1-13-6-3-4-7-15(13)12-20-19(23)18-11-17(21-22-18)14-8-5-9-16(10-14)24-2/h3-10,17-18,21-22H,11-12H2,1-2H3,(H,20,23). The van der Waals surface area contributed by atoms with Crippen molar-refractivity contribution in [3.05, 3.63) is 65.2 Å². The van der Waals surface area contributed by atoms with E-state index in [0.717, 1.165) is 16.9 Å². The number of nitrogens with one attached hydrogen (secondary N) is 3. The van der Waals surface area contributed by atoms with Gasteiger partial charge in [0.05, 0.1) is 7.11 Å². The van der Waals surface area contributed by atoms with E-state index in [1.54, 1.807) is 7.11 Å². The lowest BCUT2D eigenvalue weighted by Gasteiger charge is -2.12. The zero-order chi connectivity index (χ0) is 16.9. The van der Waals surface area contributed by atoms with Crippen molar-refractivity contribution in [2.45, 2.75) is 32.0 Å². The molecule has 0 bridgehead atoms. The third kappa shape index (κ3) is 3.75. The van der Waals surface area contributed by atoms with Gasteiger partial charge in [0.2, 0.25) is 5.91 Å². The summed E-state index contributed by atoms with van der Waals surface area (Å²) in [5, 5.41) is 3.01. The summed E-state index contributed by atoms with van der Waals surface area (Å²) in [7, 11) is 1.65. The van der Waals surface area contributed by atoms with Crippen molar-refractivity contribution < 1.29 is 9.53 Å². The second kappa shape index (κ2) is 7.47. The molecule has 3 N–H and O–H groups in total. The smallest absolute Gasteiger partial charge is 0.238 e. The van der Waals surface area contributed by atoms with Crippen molar-refractivity contribution in [3.8, 4) is 5.75 Å². The summed E-state index contributed by atoms with van der Waals surface area (Å²) in [6.07, 6.45) is 0.701. The number of hydrazine groups is 1. The first-order valence-corrected chi connectivity index (χ1v) is 8.14. The number of carbonyl (C=O) groups is 1. The molecular weight excluding hydrogens is 302 g/mol. The molecule has 0 saturated carbocycles. The van der Waals surface area contributed by atoms with Crippen LogP contribution in [0, 0.1) is 6.92 Å². The van der Waals surface area contributed by atoms with E-state index in [0.29, 0.717) is 13.0 Å². The van der Waals surface area contributed by atoms with E-state index in [9.17, 15) is 4.79 Å². The molecule has 126 valence electrons. The molecule has 1 heterocycles. The summed E-state index contributed by atoms with van der Waals surface area (Å²) in [6.45, 7) is 2.60. The zero-order valence-corrected chi connectivity index (χ0v) is 14.0. The Labute approximate surface area is 142 Å². The Morgan fingerprint density at radius 1 is 1.21 bits per heavy atom. The number of hydrogen-bond donors (Lipinski definition) is 3. The van der Waals surface area contributed by atoms with Gasteiger partial charge < -0.3 is 10.1 Å². The van der Waals surface area contributed by atoms with Crippen LogP contribution in [0.5, 0.6) is 5.75 Å². The van der Waals surface area contributed by atoms with Crippen LogP contribution >= 0.6 is 0 Å². The van der Waals surface area contributed by atoms with Crippen molar-refractivity contribution in [3.63, 3.8) is 0 Å². The molecule has 24 heavy (non-hydrogen) atoms. The van der Waals surface area contributed by atoms with Crippen LogP contribution in [-0.2, 0) is 11.3 Å². The van der Waals surface area contributed by atoms with Gasteiger partial charge in [-0.1, -0.05) is 36.4 Å². The van der Waals surface area contributed by atoms with Crippen molar-refractivity contribution >= 4 is 5.91 Å². The van der Waals surface area contributed by atoms with Crippen molar-refractivity contribution in [2.75, 3.05) is 7.11 Å². The monoisotopic (exact) mass is 325 g/mol. The third-order valence-corrected chi connectivity index (χ3v) is 4.43. The fourth-order valence-corrected chi connectivity index (χ4v) is 2.92. The SMILES string of the molecule is COc1cccc(C2CC(C(=O)NCc3ccccc3C)NN2)c1. The van der Waals surface area contributed by atoms with Gasteiger partial charge in [0.15, 0.2) is 0 Å². The predicted molar refractivity (Wildman–Crippen MR) is 93.4 cm³/mol. The minimum atomic E-state index is -0.245. The lowest BCUT2D eigenvalue weighted by Crippen LogP contribution is -2.42. The zero-order valence-electron chi connectivity index (χ0n) is 14.0. The molecule has 2 aromatic rings. The first kappa shape index (κ1) is 16.5. The molecule has 0 spiro atoms. The van der Waals surface area contributed by atoms with Gasteiger partial charge in [-0.25, -0.2) is 10.9 Å². The fourth-order valence-electron chi connectivity index (χ4n) is 2.92. The number of carbonyl (C=O) groups excluding carboxylic acids is 1. The number of amides is 1. The highest BCUT2D eigenvalue weighted by Crippen LogP contribution is 2.25. The van der Waals surface area contributed by atoms with Crippen LogP contribution in [0.1, 0.15) is 29.2 Å².